The molecule has 1 aromatic heterocycles. The topological polar surface area (TPSA) is 98.5 Å². The lowest BCUT2D eigenvalue weighted by Gasteiger charge is -2.33. The maximum Gasteiger partial charge on any atom is 0.248 e. The molecule has 3 aromatic rings. The lowest BCUT2D eigenvalue weighted by molar-refractivity contribution is -0.138. The Kier molecular flexibility index (Phi) is 10.6. The minimum Gasteiger partial charge on any atom is -0.493 e. The van der Waals surface area contributed by atoms with Crippen LogP contribution in [0.4, 0.5) is 0 Å². The molecule has 1 atom stereocenters. The Morgan fingerprint density at radius 3 is 2.51 bits per heavy atom. The monoisotopic (exact) mass is 566 g/mol. The average molecular weight is 567 g/mol. The number of ether oxygens (including phenoxy) is 4. The second kappa shape index (κ2) is 14.3. The zero-order chi connectivity index (χ0) is 29.2. The van der Waals surface area contributed by atoms with Crippen molar-refractivity contribution in [2.75, 3.05) is 60.2 Å². The van der Waals surface area contributed by atoms with Gasteiger partial charge >= 0.3 is 0 Å². The Balaban J connectivity index is 1.40. The lowest BCUT2D eigenvalue weighted by atomic mass is 10.0. The van der Waals surface area contributed by atoms with Gasteiger partial charge in [-0.1, -0.05) is 23.8 Å². The zero-order valence-corrected chi connectivity index (χ0v) is 24.5. The number of rotatable bonds is 13. The molecule has 1 fully saturated rings. The smallest absolute Gasteiger partial charge is 0.248 e. The summed E-state index contributed by atoms with van der Waals surface area (Å²) >= 11 is 0. The molecule has 41 heavy (non-hydrogen) atoms. The Bertz CT molecular complexity index is 1260. The summed E-state index contributed by atoms with van der Waals surface area (Å²) in [4.78, 5) is 16.5. The molecular weight excluding hydrogens is 524 g/mol. The summed E-state index contributed by atoms with van der Waals surface area (Å²) in [5.74, 6) is 1.86. The number of benzene rings is 2. The molecule has 4 rings (SSSR count). The molecular formula is C31H42N4O6. The van der Waals surface area contributed by atoms with E-state index in [1.165, 1.54) is 7.11 Å². The highest BCUT2D eigenvalue weighted by atomic mass is 16.5. The molecule has 10 nitrogen and oxygen atoms in total. The van der Waals surface area contributed by atoms with E-state index in [0.29, 0.717) is 50.0 Å². The largest absolute Gasteiger partial charge is 0.493 e. The van der Waals surface area contributed by atoms with E-state index < -0.39 is 5.60 Å². The molecule has 1 aliphatic rings. The van der Waals surface area contributed by atoms with Crippen LogP contribution in [0.15, 0.2) is 54.9 Å². The number of hydrogen-bond acceptors (Lipinski definition) is 8. The molecule has 0 unspecified atom stereocenters. The first-order chi connectivity index (χ1) is 19.8. The van der Waals surface area contributed by atoms with Crippen LogP contribution in [0, 0.1) is 13.8 Å². The van der Waals surface area contributed by atoms with E-state index in [9.17, 15) is 9.90 Å². The standard InChI is InChI=1S/C31H42N4O6/c1-24-6-9-27(10-7-24)41-23-31(37)21-33(13-14-34(22-31)30(36)20-38-3)19-26-8-11-28(29(16-26)39-4)40-15-5-12-35-18-25(2)17-32-35/h6-11,16-18,37H,5,12-15,19-23H2,1-4H3/t31-/m0/s1. The number of aliphatic hydroxyl groups is 1. The van der Waals surface area contributed by atoms with E-state index in [1.807, 2.05) is 73.4 Å². The van der Waals surface area contributed by atoms with Gasteiger partial charge in [-0.25, -0.2) is 0 Å². The molecule has 1 N–H and O–H groups in total. The minimum absolute atomic E-state index is 0.0326. The van der Waals surface area contributed by atoms with E-state index in [0.717, 1.165) is 29.7 Å². The van der Waals surface area contributed by atoms with Crippen LogP contribution in [0.2, 0.25) is 0 Å². The Morgan fingerprint density at radius 1 is 1.00 bits per heavy atom. The van der Waals surface area contributed by atoms with Crippen LogP contribution in [-0.4, -0.2) is 96.4 Å². The Hall–Kier alpha value is -3.60. The SMILES string of the molecule is COCC(=O)N1CCN(Cc2ccc(OCCCn3cc(C)cn3)c(OC)c2)C[C@@](O)(COc2ccc(C)cc2)C1. The maximum atomic E-state index is 12.7. The van der Waals surface area contributed by atoms with Crippen LogP contribution < -0.4 is 14.2 Å². The van der Waals surface area contributed by atoms with Crippen molar-refractivity contribution >= 4 is 5.91 Å². The van der Waals surface area contributed by atoms with Crippen molar-refractivity contribution < 1.29 is 28.8 Å². The lowest BCUT2D eigenvalue weighted by Crippen LogP contribution is -2.52. The van der Waals surface area contributed by atoms with Crippen LogP contribution in [0.5, 0.6) is 17.2 Å². The fourth-order valence-electron chi connectivity index (χ4n) is 4.93. The van der Waals surface area contributed by atoms with E-state index in [2.05, 4.69) is 10.00 Å². The molecule has 2 heterocycles. The summed E-state index contributed by atoms with van der Waals surface area (Å²) < 4.78 is 24.6. The second-order valence-corrected chi connectivity index (χ2v) is 10.8. The number of carbonyl (C=O) groups excluding carboxylic acids is 1. The molecule has 1 saturated heterocycles. The first kappa shape index (κ1) is 30.4. The minimum atomic E-state index is -1.27. The molecule has 0 bridgehead atoms. The van der Waals surface area contributed by atoms with Gasteiger partial charge < -0.3 is 29.0 Å². The van der Waals surface area contributed by atoms with Crippen LogP contribution in [-0.2, 0) is 22.6 Å². The van der Waals surface area contributed by atoms with Gasteiger partial charge in [-0.3, -0.25) is 14.4 Å². The highest BCUT2D eigenvalue weighted by Crippen LogP contribution is 2.29. The number of β-amino-alcohol motifs (C(OH)–C–C–N with tert-alkyl or cyclic N) is 1. The molecule has 2 aromatic carbocycles. The summed E-state index contributed by atoms with van der Waals surface area (Å²) in [5, 5.41) is 16.0. The van der Waals surface area contributed by atoms with Crippen molar-refractivity contribution in [1.82, 2.24) is 19.6 Å². The fourth-order valence-corrected chi connectivity index (χ4v) is 4.93. The molecule has 10 heteroatoms. The van der Waals surface area contributed by atoms with Gasteiger partial charge in [0.2, 0.25) is 5.91 Å². The summed E-state index contributed by atoms with van der Waals surface area (Å²) in [6.07, 6.45) is 4.68. The highest BCUT2D eigenvalue weighted by Gasteiger charge is 2.37. The van der Waals surface area contributed by atoms with Crippen molar-refractivity contribution in [2.45, 2.75) is 39.0 Å². The summed E-state index contributed by atoms with van der Waals surface area (Å²) in [6, 6.07) is 13.6. The number of amides is 1. The van der Waals surface area contributed by atoms with Crippen LogP contribution in [0.1, 0.15) is 23.1 Å². The third-order valence-electron chi connectivity index (χ3n) is 7.02. The fraction of sp³-hybridized carbons (Fsp3) is 0.484. The normalized spacial score (nSPS) is 17.7. The Labute approximate surface area is 242 Å². The molecule has 1 amide bonds. The number of aromatic nitrogens is 2. The van der Waals surface area contributed by atoms with Gasteiger partial charge in [0.25, 0.3) is 0 Å². The van der Waals surface area contributed by atoms with E-state index in [-0.39, 0.29) is 25.7 Å². The predicted molar refractivity (Wildman–Crippen MR) is 155 cm³/mol. The quantitative estimate of drug-likeness (QED) is 0.315. The van der Waals surface area contributed by atoms with Crippen molar-refractivity contribution in [3.8, 4) is 17.2 Å². The third kappa shape index (κ3) is 8.94. The molecule has 0 aliphatic carbocycles. The zero-order valence-electron chi connectivity index (χ0n) is 24.5. The van der Waals surface area contributed by atoms with E-state index in [4.69, 9.17) is 18.9 Å². The van der Waals surface area contributed by atoms with E-state index >= 15 is 0 Å². The third-order valence-corrected chi connectivity index (χ3v) is 7.02. The van der Waals surface area contributed by atoms with Crippen molar-refractivity contribution in [3.63, 3.8) is 0 Å². The van der Waals surface area contributed by atoms with E-state index in [1.54, 1.807) is 12.0 Å². The number of aryl methyl sites for hydroxylation is 3. The average Bonchev–Trinajstić information content (AvgIpc) is 3.30. The number of carbonyl (C=O) groups is 1. The maximum absolute atomic E-state index is 12.7. The second-order valence-electron chi connectivity index (χ2n) is 10.8. The summed E-state index contributed by atoms with van der Waals surface area (Å²) in [6.45, 7) is 7.50. The highest BCUT2D eigenvalue weighted by molar-refractivity contribution is 5.77. The number of methoxy groups -OCH3 is 2. The molecule has 0 saturated carbocycles. The summed E-state index contributed by atoms with van der Waals surface area (Å²) in [5.41, 5.74) is 2.01. The molecule has 0 radical (unpaired) electrons. The molecule has 1 aliphatic heterocycles. The molecule has 222 valence electrons. The first-order valence-electron chi connectivity index (χ1n) is 14.0. The summed E-state index contributed by atoms with van der Waals surface area (Å²) in [7, 11) is 3.13. The van der Waals surface area contributed by atoms with Gasteiger partial charge in [-0.2, -0.15) is 5.10 Å². The van der Waals surface area contributed by atoms with Crippen LogP contribution in [0.25, 0.3) is 0 Å². The van der Waals surface area contributed by atoms with Crippen LogP contribution >= 0.6 is 0 Å². The van der Waals surface area contributed by atoms with Gasteiger partial charge in [0, 0.05) is 52.5 Å². The van der Waals surface area contributed by atoms with Gasteiger partial charge in [0.1, 0.15) is 24.6 Å². The van der Waals surface area contributed by atoms with Gasteiger partial charge in [-0.05, 0) is 49.2 Å². The first-order valence-corrected chi connectivity index (χ1v) is 14.0. The van der Waals surface area contributed by atoms with Gasteiger partial charge in [0.15, 0.2) is 11.5 Å². The predicted octanol–water partition coefficient (Wildman–Crippen LogP) is 3.08. The number of nitrogens with zero attached hydrogens (tertiary/aromatic N) is 4. The van der Waals surface area contributed by atoms with Gasteiger partial charge in [0.05, 0.1) is 26.5 Å². The van der Waals surface area contributed by atoms with Crippen LogP contribution in [0.3, 0.4) is 0 Å². The van der Waals surface area contributed by atoms with Gasteiger partial charge in [-0.15, -0.1) is 0 Å². The van der Waals surface area contributed by atoms with Crippen molar-refractivity contribution in [1.29, 1.82) is 0 Å². The molecule has 0 spiro atoms. The number of hydrogen-bond donors (Lipinski definition) is 1. The van der Waals surface area contributed by atoms with Crippen molar-refractivity contribution in [2.24, 2.45) is 0 Å². The van der Waals surface area contributed by atoms with Crippen molar-refractivity contribution in [3.05, 3.63) is 71.5 Å². The Morgan fingerprint density at radius 2 is 1.80 bits per heavy atom.